The molecule has 0 N–H and O–H groups in total. The lowest BCUT2D eigenvalue weighted by atomic mass is 9.78. The summed E-state index contributed by atoms with van der Waals surface area (Å²) in [5.41, 5.74) is -1.12. The minimum absolute atomic E-state index is 0.0607. The van der Waals surface area contributed by atoms with E-state index in [-0.39, 0.29) is 25.2 Å². The molecular weight excluding hydrogens is 200 g/mol. The van der Waals surface area contributed by atoms with Crippen LogP contribution in [0.3, 0.4) is 0 Å². The number of methoxy groups -OCH3 is 1. The third-order valence-corrected chi connectivity index (χ3v) is 2.81. The van der Waals surface area contributed by atoms with E-state index in [0.717, 1.165) is 0 Å². The van der Waals surface area contributed by atoms with Crippen LogP contribution in [0.5, 0.6) is 0 Å². The lowest BCUT2D eigenvalue weighted by molar-refractivity contribution is -0.152. The van der Waals surface area contributed by atoms with Gasteiger partial charge in [-0.1, -0.05) is 0 Å². The molecule has 0 aromatic heterocycles. The number of Topliss-reactive ketones (excluding diaryl/α,β-unsaturated/α-hetero) is 1. The van der Waals surface area contributed by atoms with Gasteiger partial charge in [-0.2, -0.15) is 0 Å². The molecule has 1 heterocycles. The smallest absolute Gasteiger partial charge is 0.319 e. The molecule has 0 radical (unpaired) electrons. The Morgan fingerprint density at radius 3 is 2.60 bits per heavy atom. The predicted octanol–water partition coefficient (Wildman–Crippen LogP) is 0.462. The molecule has 0 amide bonds. The largest absolute Gasteiger partial charge is 0.469 e. The summed E-state index contributed by atoms with van der Waals surface area (Å²) in [4.78, 5) is 33.8. The Bertz CT molecular complexity index is 296. The Balaban J connectivity index is 2.71. The van der Waals surface area contributed by atoms with Crippen molar-refractivity contribution in [1.29, 1.82) is 0 Å². The molecule has 1 unspecified atom stereocenters. The summed E-state index contributed by atoms with van der Waals surface area (Å²) in [6, 6.07) is 0. The molecule has 1 atom stereocenters. The zero-order valence-electron chi connectivity index (χ0n) is 8.87. The van der Waals surface area contributed by atoms with Gasteiger partial charge in [0, 0.05) is 12.8 Å². The fourth-order valence-corrected chi connectivity index (χ4v) is 1.70. The SMILES string of the molecule is COC(=O)CCC1(C(C)=O)CCOC1=O. The fraction of sp³-hybridized carbons (Fsp3) is 0.700. The van der Waals surface area contributed by atoms with Gasteiger partial charge >= 0.3 is 11.9 Å². The summed E-state index contributed by atoms with van der Waals surface area (Å²) >= 11 is 0. The highest BCUT2D eigenvalue weighted by Crippen LogP contribution is 2.36. The van der Waals surface area contributed by atoms with Gasteiger partial charge in [0.05, 0.1) is 13.7 Å². The van der Waals surface area contributed by atoms with Gasteiger partial charge in [0.1, 0.15) is 11.2 Å². The quantitative estimate of drug-likeness (QED) is 0.502. The van der Waals surface area contributed by atoms with Crippen molar-refractivity contribution in [3.8, 4) is 0 Å². The highest BCUT2D eigenvalue weighted by atomic mass is 16.5. The molecule has 1 saturated heterocycles. The lowest BCUT2D eigenvalue weighted by Crippen LogP contribution is -2.34. The molecule has 1 aliphatic rings. The molecule has 0 bridgehead atoms. The van der Waals surface area contributed by atoms with E-state index in [1.165, 1.54) is 14.0 Å². The number of ketones is 1. The van der Waals surface area contributed by atoms with Crippen LogP contribution in [0.15, 0.2) is 0 Å². The van der Waals surface area contributed by atoms with Crippen LogP contribution in [0, 0.1) is 5.41 Å². The van der Waals surface area contributed by atoms with E-state index >= 15 is 0 Å². The Kier molecular flexibility index (Phi) is 3.44. The first-order chi connectivity index (χ1) is 7.03. The molecule has 15 heavy (non-hydrogen) atoms. The Hall–Kier alpha value is -1.39. The van der Waals surface area contributed by atoms with Gasteiger partial charge in [-0.15, -0.1) is 0 Å². The molecule has 0 aromatic carbocycles. The van der Waals surface area contributed by atoms with E-state index in [0.29, 0.717) is 6.42 Å². The molecule has 1 fully saturated rings. The second kappa shape index (κ2) is 4.42. The number of esters is 2. The molecule has 84 valence electrons. The van der Waals surface area contributed by atoms with Gasteiger partial charge in [0.2, 0.25) is 0 Å². The van der Waals surface area contributed by atoms with Crippen molar-refractivity contribution in [2.75, 3.05) is 13.7 Å². The van der Waals surface area contributed by atoms with E-state index in [9.17, 15) is 14.4 Å². The summed E-state index contributed by atoms with van der Waals surface area (Å²) in [5, 5.41) is 0. The van der Waals surface area contributed by atoms with Crippen molar-refractivity contribution < 1.29 is 23.9 Å². The topological polar surface area (TPSA) is 69.7 Å². The molecule has 5 heteroatoms. The van der Waals surface area contributed by atoms with Gasteiger partial charge in [0.15, 0.2) is 0 Å². The van der Waals surface area contributed by atoms with Crippen molar-refractivity contribution in [2.24, 2.45) is 5.41 Å². The summed E-state index contributed by atoms with van der Waals surface area (Å²) in [6.07, 6.45) is 0.594. The predicted molar refractivity (Wildman–Crippen MR) is 49.9 cm³/mol. The first-order valence-electron chi connectivity index (χ1n) is 4.78. The van der Waals surface area contributed by atoms with Gasteiger partial charge in [0.25, 0.3) is 0 Å². The average Bonchev–Trinajstić information content (AvgIpc) is 2.57. The van der Waals surface area contributed by atoms with Crippen molar-refractivity contribution in [3.05, 3.63) is 0 Å². The number of ether oxygens (including phenoxy) is 2. The number of carbonyl (C=O) groups is 3. The maximum Gasteiger partial charge on any atom is 0.319 e. The third-order valence-electron chi connectivity index (χ3n) is 2.81. The minimum atomic E-state index is -1.12. The van der Waals surface area contributed by atoms with Crippen LogP contribution in [0.2, 0.25) is 0 Å². The first kappa shape index (κ1) is 11.7. The molecule has 1 aliphatic heterocycles. The number of carbonyl (C=O) groups excluding carboxylic acids is 3. The number of cyclic esters (lactones) is 1. The van der Waals surface area contributed by atoms with Crippen LogP contribution < -0.4 is 0 Å². The van der Waals surface area contributed by atoms with E-state index < -0.39 is 17.4 Å². The summed E-state index contributed by atoms with van der Waals surface area (Å²) in [5.74, 6) is -1.18. The van der Waals surface area contributed by atoms with Crippen LogP contribution in [0.4, 0.5) is 0 Å². The van der Waals surface area contributed by atoms with Crippen molar-refractivity contribution >= 4 is 17.7 Å². The van der Waals surface area contributed by atoms with Gasteiger partial charge in [-0.25, -0.2) is 0 Å². The molecule has 5 nitrogen and oxygen atoms in total. The van der Waals surface area contributed by atoms with Crippen molar-refractivity contribution in [2.45, 2.75) is 26.2 Å². The maximum absolute atomic E-state index is 11.4. The fourth-order valence-electron chi connectivity index (χ4n) is 1.70. The monoisotopic (exact) mass is 214 g/mol. The van der Waals surface area contributed by atoms with Gasteiger partial charge in [-0.3, -0.25) is 14.4 Å². The standard InChI is InChI=1S/C10H14O5/c1-7(11)10(4-3-8(12)14-2)5-6-15-9(10)13/h3-6H2,1-2H3. The van der Waals surface area contributed by atoms with E-state index in [1.54, 1.807) is 0 Å². The first-order valence-corrected chi connectivity index (χ1v) is 4.78. The zero-order valence-corrected chi connectivity index (χ0v) is 8.87. The molecule has 0 aromatic rings. The Labute approximate surface area is 87.7 Å². The Morgan fingerprint density at radius 1 is 1.53 bits per heavy atom. The van der Waals surface area contributed by atoms with E-state index in [4.69, 9.17) is 4.74 Å². The molecular formula is C10H14O5. The summed E-state index contributed by atoms with van der Waals surface area (Å²) in [7, 11) is 1.27. The number of hydrogen-bond donors (Lipinski definition) is 0. The maximum atomic E-state index is 11.4. The molecule has 0 saturated carbocycles. The molecule has 0 spiro atoms. The van der Waals surface area contributed by atoms with Gasteiger partial charge < -0.3 is 9.47 Å². The van der Waals surface area contributed by atoms with Crippen LogP contribution in [0.1, 0.15) is 26.2 Å². The zero-order chi connectivity index (χ0) is 11.5. The Morgan fingerprint density at radius 2 is 2.20 bits per heavy atom. The number of hydrogen-bond acceptors (Lipinski definition) is 5. The summed E-state index contributed by atoms with van der Waals surface area (Å²) < 4.78 is 9.25. The van der Waals surface area contributed by atoms with Crippen molar-refractivity contribution in [1.82, 2.24) is 0 Å². The minimum Gasteiger partial charge on any atom is -0.469 e. The normalized spacial score (nSPS) is 24.8. The molecule has 0 aliphatic carbocycles. The van der Waals surface area contributed by atoms with Crippen LogP contribution in [-0.4, -0.2) is 31.4 Å². The van der Waals surface area contributed by atoms with Crippen LogP contribution >= 0.6 is 0 Å². The van der Waals surface area contributed by atoms with E-state index in [1.807, 2.05) is 0 Å². The van der Waals surface area contributed by atoms with Gasteiger partial charge in [-0.05, 0) is 13.3 Å². The van der Waals surface area contributed by atoms with Crippen LogP contribution in [-0.2, 0) is 23.9 Å². The van der Waals surface area contributed by atoms with Crippen LogP contribution in [0.25, 0.3) is 0 Å². The molecule has 1 rings (SSSR count). The highest BCUT2D eigenvalue weighted by Gasteiger charge is 2.48. The third kappa shape index (κ3) is 2.16. The van der Waals surface area contributed by atoms with Crippen molar-refractivity contribution in [3.63, 3.8) is 0 Å². The second-order valence-corrected chi connectivity index (χ2v) is 3.60. The highest BCUT2D eigenvalue weighted by molar-refractivity contribution is 6.03. The average molecular weight is 214 g/mol. The summed E-state index contributed by atoms with van der Waals surface area (Å²) in [6.45, 7) is 1.60. The van der Waals surface area contributed by atoms with E-state index in [2.05, 4.69) is 4.74 Å². The number of rotatable bonds is 4. The second-order valence-electron chi connectivity index (χ2n) is 3.60. The lowest BCUT2D eigenvalue weighted by Gasteiger charge is -2.20.